The van der Waals surface area contributed by atoms with E-state index in [1.807, 2.05) is 0 Å². The lowest BCUT2D eigenvalue weighted by atomic mass is 10.1. The quantitative estimate of drug-likeness (QED) is 0.828. The van der Waals surface area contributed by atoms with Gasteiger partial charge in [-0.15, -0.1) is 0 Å². The summed E-state index contributed by atoms with van der Waals surface area (Å²) in [5.41, 5.74) is 0.811. The molecule has 5 heteroatoms. The van der Waals surface area contributed by atoms with E-state index in [0.717, 1.165) is 12.0 Å². The number of benzene rings is 1. The van der Waals surface area contributed by atoms with Crippen LogP contribution in [0.5, 0.6) is 5.75 Å². The van der Waals surface area contributed by atoms with Gasteiger partial charge in [-0.1, -0.05) is 19.1 Å². The minimum absolute atomic E-state index is 0.135. The molecule has 1 aromatic rings. The molecule has 0 saturated carbocycles. The highest BCUT2D eigenvalue weighted by atomic mass is 19.3. The highest BCUT2D eigenvalue weighted by molar-refractivity contribution is 5.28. The van der Waals surface area contributed by atoms with E-state index in [2.05, 4.69) is 11.7 Å². The molecule has 0 spiro atoms. The molecule has 0 aromatic heterocycles. The van der Waals surface area contributed by atoms with Crippen molar-refractivity contribution in [2.75, 3.05) is 13.2 Å². The summed E-state index contributed by atoms with van der Waals surface area (Å²) in [6.07, 6.45) is 0.613. The largest absolute Gasteiger partial charge is 0.435 e. The molecule has 1 heterocycles. The minimum atomic E-state index is -2.80. The molecule has 3 nitrogen and oxygen atoms in total. The third-order valence-electron chi connectivity index (χ3n) is 2.92. The van der Waals surface area contributed by atoms with Crippen molar-refractivity contribution in [3.8, 4) is 5.75 Å². The second kappa shape index (κ2) is 6.11. The Morgan fingerprint density at radius 1 is 1.22 bits per heavy atom. The molecule has 18 heavy (non-hydrogen) atoms. The van der Waals surface area contributed by atoms with Crippen LogP contribution in [0.3, 0.4) is 0 Å². The minimum Gasteiger partial charge on any atom is -0.435 e. The van der Waals surface area contributed by atoms with Gasteiger partial charge in [0.15, 0.2) is 6.29 Å². The fraction of sp³-hybridized carbons (Fsp3) is 0.538. The van der Waals surface area contributed by atoms with Crippen molar-refractivity contribution < 1.29 is 23.0 Å². The summed E-state index contributed by atoms with van der Waals surface area (Å²) in [4.78, 5) is 0. The van der Waals surface area contributed by atoms with Crippen LogP contribution in [0.15, 0.2) is 24.3 Å². The molecular formula is C13H16F2O3. The van der Waals surface area contributed by atoms with Crippen molar-refractivity contribution in [2.45, 2.75) is 26.2 Å². The van der Waals surface area contributed by atoms with Crippen molar-refractivity contribution in [3.63, 3.8) is 0 Å². The van der Waals surface area contributed by atoms with Crippen LogP contribution in [0.2, 0.25) is 0 Å². The number of halogens is 2. The van der Waals surface area contributed by atoms with Gasteiger partial charge in [0, 0.05) is 11.5 Å². The fourth-order valence-corrected chi connectivity index (χ4v) is 1.78. The summed E-state index contributed by atoms with van der Waals surface area (Å²) in [7, 11) is 0. The Labute approximate surface area is 105 Å². The van der Waals surface area contributed by atoms with E-state index >= 15 is 0 Å². The molecule has 0 bridgehead atoms. The molecule has 1 aliphatic rings. The second-order valence-corrected chi connectivity index (χ2v) is 4.22. The van der Waals surface area contributed by atoms with Gasteiger partial charge in [-0.05, 0) is 18.6 Å². The van der Waals surface area contributed by atoms with Crippen LogP contribution in [0.25, 0.3) is 0 Å². The monoisotopic (exact) mass is 258 g/mol. The predicted octanol–water partition coefficient (Wildman–Crippen LogP) is 3.36. The lowest BCUT2D eigenvalue weighted by molar-refractivity contribution is -0.205. The van der Waals surface area contributed by atoms with E-state index in [9.17, 15) is 8.78 Å². The summed E-state index contributed by atoms with van der Waals surface area (Å²) in [6.45, 7) is 0.615. The third kappa shape index (κ3) is 3.40. The van der Waals surface area contributed by atoms with Crippen LogP contribution in [-0.4, -0.2) is 19.8 Å². The highest BCUT2D eigenvalue weighted by Crippen LogP contribution is 2.27. The van der Waals surface area contributed by atoms with E-state index < -0.39 is 12.9 Å². The Balaban J connectivity index is 1.93. The first-order chi connectivity index (χ1) is 8.69. The Morgan fingerprint density at radius 2 is 1.83 bits per heavy atom. The molecule has 0 aliphatic carbocycles. The van der Waals surface area contributed by atoms with E-state index in [1.54, 1.807) is 12.1 Å². The van der Waals surface area contributed by atoms with Crippen molar-refractivity contribution in [1.82, 2.24) is 0 Å². The lowest BCUT2D eigenvalue weighted by Gasteiger charge is -2.29. The third-order valence-corrected chi connectivity index (χ3v) is 2.92. The summed E-state index contributed by atoms with van der Waals surface area (Å²) in [5, 5.41) is 0. The average Bonchev–Trinajstić information content (AvgIpc) is 2.39. The Morgan fingerprint density at radius 3 is 2.33 bits per heavy atom. The van der Waals surface area contributed by atoms with Gasteiger partial charge < -0.3 is 14.2 Å². The number of rotatable bonds is 4. The molecule has 1 aliphatic heterocycles. The van der Waals surface area contributed by atoms with Gasteiger partial charge in [-0.3, -0.25) is 0 Å². The first-order valence-corrected chi connectivity index (χ1v) is 5.97. The number of hydrogen-bond donors (Lipinski definition) is 0. The molecule has 0 N–H and O–H groups in total. The lowest BCUT2D eigenvalue weighted by Crippen LogP contribution is -2.26. The highest BCUT2D eigenvalue weighted by Gasteiger charge is 2.22. The van der Waals surface area contributed by atoms with Crippen LogP contribution in [-0.2, 0) is 9.47 Å². The zero-order valence-electron chi connectivity index (χ0n) is 10.1. The molecule has 2 rings (SSSR count). The average molecular weight is 258 g/mol. The van der Waals surface area contributed by atoms with Crippen LogP contribution in [0.4, 0.5) is 8.78 Å². The maximum atomic E-state index is 12.0. The normalized spacial score (nSPS) is 24.2. The smallest absolute Gasteiger partial charge is 0.387 e. The van der Waals surface area contributed by atoms with Gasteiger partial charge in [0.05, 0.1) is 13.2 Å². The van der Waals surface area contributed by atoms with E-state index in [1.165, 1.54) is 12.1 Å². The van der Waals surface area contributed by atoms with Crippen molar-refractivity contribution in [2.24, 2.45) is 5.92 Å². The van der Waals surface area contributed by atoms with Crippen LogP contribution in [0, 0.1) is 5.92 Å². The standard InChI is InChI=1S/C13H16F2O3/c1-2-9-7-16-12(17-8-9)10-3-5-11(6-4-10)18-13(14)15/h3-6,9,12-13H,2,7-8H2,1H3. The van der Waals surface area contributed by atoms with Crippen LogP contribution >= 0.6 is 0 Å². The second-order valence-electron chi connectivity index (χ2n) is 4.22. The molecule has 100 valence electrons. The molecule has 0 atom stereocenters. The SMILES string of the molecule is CCC1COC(c2ccc(OC(F)F)cc2)OC1. The summed E-state index contributed by atoms with van der Waals surface area (Å²) in [5.74, 6) is 0.568. The first kappa shape index (κ1) is 13.2. The molecule has 0 radical (unpaired) electrons. The van der Waals surface area contributed by atoms with E-state index in [0.29, 0.717) is 19.1 Å². The summed E-state index contributed by atoms with van der Waals surface area (Å²) >= 11 is 0. The van der Waals surface area contributed by atoms with Crippen LogP contribution in [0.1, 0.15) is 25.2 Å². The molecule has 1 saturated heterocycles. The number of ether oxygens (including phenoxy) is 3. The van der Waals surface area contributed by atoms with Gasteiger partial charge in [0.2, 0.25) is 0 Å². The van der Waals surface area contributed by atoms with E-state index in [4.69, 9.17) is 9.47 Å². The number of hydrogen-bond acceptors (Lipinski definition) is 3. The Bertz CT molecular complexity index is 359. The van der Waals surface area contributed by atoms with Gasteiger partial charge in [-0.25, -0.2) is 0 Å². The van der Waals surface area contributed by atoms with Gasteiger partial charge in [0.25, 0.3) is 0 Å². The molecule has 0 unspecified atom stereocenters. The predicted molar refractivity (Wildman–Crippen MR) is 61.5 cm³/mol. The zero-order chi connectivity index (χ0) is 13.0. The van der Waals surface area contributed by atoms with Gasteiger partial charge in [-0.2, -0.15) is 8.78 Å². The molecule has 1 aromatic carbocycles. The van der Waals surface area contributed by atoms with Crippen molar-refractivity contribution in [1.29, 1.82) is 0 Å². The van der Waals surface area contributed by atoms with Crippen LogP contribution < -0.4 is 4.74 Å². The summed E-state index contributed by atoms with van der Waals surface area (Å²) in [6, 6.07) is 6.32. The maximum absolute atomic E-state index is 12.0. The Kier molecular flexibility index (Phi) is 4.49. The van der Waals surface area contributed by atoms with Crippen molar-refractivity contribution >= 4 is 0 Å². The number of alkyl halides is 2. The molecule has 1 fully saturated rings. The zero-order valence-corrected chi connectivity index (χ0v) is 10.1. The van der Waals surface area contributed by atoms with Crippen molar-refractivity contribution in [3.05, 3.63) is 29.8 Å². The Hall–Kier alpha value is -1.20. The maximum Gasteiger partial charge on any atom is 0.387 e. The van der Waals surface area contributed by atoms with E-state index in [-0.39, 0.29) is 5.75 Å². The molecular weight excluding hydrogens is 242 g/mol. The summed E-state index contributed by atoms with van der Waals surface area (Å²) < 4.78 is 39.4. The molecule has 0 amide bonds. The first-order valence-electron chi connectivity index (χ1n) is 5.97. The fourth-order valence-electron chi connectivity index (χ4n) is 1.78. The van der Waals surface area contributed by atoms with Gasteiger partial charge >= 0.3 is 6.61 Å². The van der Waals surface area contributed by atoms with Gasteiger partial charge in [0.1, 0.15) is 5.75 Å². The topological polar surface area (TPSA) is 27.7 Å².